The highest BCUT2D eigenvalue weighted by atomic mass is 32.2. The van der Waals surface area contributed by atoms with Gasteiger partial charge < -0.3 is 5.32 Å². The first-order chi connectivity index (χ1) is 7.33. The van der Waals surface area contributed by atoms with Crippen molar-refractivity contribution in [3.8, 4) is 0 Å². The topological polar surface area (TPSA) is 37.8 Å². The van der Waals surface area contributed by atoms with Crippen molar-refractivity contribution in [1.29, 1.82) is 0 Å². The second kappa shape index (κ2) is 7.65. The summed E-state index contributed by atoms with van der Waals surface area (Å²) in [5, 5.41) is 4.34. The van der Waals surface area contributed by atoms with Gasteiger partial charge in [0.2, 0.25) is 0 Å². The van der Waals surface area contributed by atoms with E-state index in [1.807, 2.05) is 6.07 Å². The summed E-state index contributed by atoms with van der Waals surface area (Å²) in [5.74, 6) is 1.07. The van der Waals surface area contributed by atoms with E-state index in [4.69, 9.17) is 0 Å². The fraction of sp³-hybridized carbons (Fsp3) is 0.636. The van der Waals surface area contributed by atoms with Crippen molar-refractivity contribution in [2.45, 2.75) is 37.9 Å². The van der Waals surface area contributed by atoms with E-state index in [-0.39, 0.29) is 0 Å². The average Bonchev–Trinajstić information content (AvgIpc) is 2.28. The predicted octanol–water partition coefficient (Wildman–Crippen LogP) is 2.35. The molecule has 4 heteroatoms. The third-order valence-electron chi connectivity index (χ3n) is 2.07. The first-order valence-electron chi connectivity index (χ1n) is 5.46. The van der Waals surface area contributed by atoms with Crippen LogP contribution in [0.3, 0.4) is 0 Å². The molecule has 0 radical (unpaired) electrons. The molecule has 0 amide bonds. The molecule has 1 atom stereocenters. The molecule has 1 rings (SSSR count). The van der Waals surface area contributed by atoms with Crippen molar-refractivity contribution in [2.75, 3.05) is 12.3 Å². The SMILES string of the molecule is CCCNC(C)CCSc1ncccn1. The number of hydrogen-bond donors (Lipinski definition) is 1. The van der Waals surface area contributed by atoms with Gasteiger partial charge in [0.1, 0.15) is 0 Å². The predicted molar refractivity (Wildman–Crippen MR) is 65.1 cm³/mol. The molecule has 0 spiro atoms. The van der Waals surface area contributed by atoms with Gasteiger partial charge in [0, 0.05) is 24.2 Å². The summed E-state index contributed by atoms with van der Waals surface area (Å²) < 4.78 is 0. The van der Waals surface area contributed by atoms with E-state index >= 15 is 0 Å². The number of thioether (sulfide) groups is 1. The number of rotatable bonds is 7. The van der Waals surface area contributed by atoms with Gasteiger partial charge in [-0.05, 0) is 32.4 Å². The Morgan fingerprint density at radius 1 is 1.40 bits per heavy atom. The van der Waals surface area contributed by atoms with Crippen LogP contribution in [0.15, 0.2) is 23.6 Å². The highest BCUT2D eigenvalue weighted by molar-refractivity contribution is 7.99. The highest BCUT2D eigenvalue weighted by Gasteiger charge is 2.01. The first kappa shape index (κ1) is 12.5. The minimum Gasteiger partial charge on any atom is -0.314 e. The number of aromatic nitrogens is 2. The summed E-state index contributed by atoms with van der Waals surface area (Å²) in [6.07, 6.45) is 5.92. The second-order valence-electron chi connectivity index (χ2n) is 3.52. The second-order valence-corrected chi connectivity index (χ2v) is 4.59. The van der Waals surface area contributed by atoms with Crippen LogP contribution in [0.1, 0.15) is 26.7 Å². The van der Waals surface area contributed by atoms with E-state index in [2.05, 4.69) is 29.1 Å². The highest BCUT2D eigenvalue weighted by Crippen LogP contribution is 2.12. The Bertz CT molecular complexity index is 253. The fourth-order valence-corrected chi connectivity index (χ4v) is 2.10. The molecular weight excluding hydrogens is 206 g/mol. The molecule has 0 fully saturated rings. The van der Waals surface area contributed by atoms with E-state index in [0.29, 0.717) is 6.04 Å². The Labute approximate surface area is 96.1 Å². The third-order valence-corrected chi connectivity index (χ3v) is 2.98. The van der Waals surface area contributed by atoms with Crippen molar-refractivity contribution in [1.82, 2.24) is 15.3 Å². The van der Waals surface area contributed by atoms with Gasteiger partial charge in [-0.3, -0.25) is 0 Å². The van der Waals surface area contributed by atoms with Crippen molar-refractivity contribution in [3.63, 3.8) is 0 Å². The summed E-state index contributed by atoms with van der Waals surface area (Å²) in [5.41, 5.74) is 0. The zero-order valence-corrected chi connectivity index (χ0v) is 10.3. The van der Waals surface area contributed by atoms with E-state index < -0.39 is 0 Å². The normalized spacial score (nSPS) is 12.7. The van der Waals surface area contributed by atoms with Crippen LogP contribution in [0.5, 0.6) is 0 Å². The third kappa shape index (κ3) is 5.74. The lowest BCUT2D eigenvalue weighted by molar-refractivity contribution is 0.536. The number of hydrogen-bond acceptors (Lipinski definition) is 4. The molecule has 1 heterocycles. The molecular formula is C11H19N3S. The quantitative estimate of drug-likeness (QED) is 0.571. The minimum atomic E-state index is 0.584. The molecule has 0 aliphatic rings. The molecule has 0 aromatic carbocycles. The number of nitrogens with zero attached hydrogens (tertiary/aromatic N) is 2. The number of nitrogens with one attached hydrogen (secondary N) is 1. The van der Waals surface area contributed by atoms with Crippen LogP contribution in [0.4, 0.5) is 0 Å². The molecule has 1 unspecified atom stereocenters. The van der Waals surface area contributed by atoms with Crippen molar-refractivity contribution in [3.05, 3.63) is 18.5 Å². The van der Waals surface area contributed by atoms with Gasteiger partial charge in [0.15, 0.2) is 5.16 Å². The van der Waals surface area contributed by atoms with Gasteiger partial charge in [-0.2, -0.15) is 0 Å². The molecule has 0 aliphatic heterocycles. The van der Waals surface area contributed by atoms with Crippen molar-refractivity contribution < 1.29 is 0 Å². The van der Waals surface area contributed by atoms with Crippen molar-refractivity contribution >= 4 is 11.8 Å². The molecule has 0 saturated carbocycles. The van der Waals surface area contributed by atoms with Crippen LogP contribution in [0, 0.1) is 0 Å². The molecule has 1 N–H and O–H groups in total. The Hall–Kier alpha value is -0.610. The molecule has 0 saturated heterocycles. The van der Waals surface area contributed by atoms with Gasteiger partial charge in [-0.1, -0.05) is 18.7 Å². The molecule has 1 aromatic heterocycles. The lowest BCUT2D eigenvalue weighted by Crippen LogP contribution is -2.27. The Morgan fingerprint density at radius 2 is 2.13 bits per heavy atom. The Morgan fingerprint density at radius 3 is 2.80 bits per heavy atom. The summed E-state index contributed by atoms with van der Waals surface area (Å²) in [7, 11) is 0. The van der Waals surface area contributed by atoms with Crippen molar-refractivity contribution in [2.24, 2.45) is 0 Å². The maximum absolute atomic E-state index is 4.17. The molecule has 0 aliphatic carbocycles. The van der Waals surface area contributed by atoms with Crippen LogP contribution >= 0.6 is 11.8 Å². The standard InChI is InChI=1S/C11H19N3S/c1-3-6-12-10(2)5-9-15-11-13-7-4-8-14-11/h4,7-8,10,12H,3,5-6,9H2,1-2H3. The molecule has 84 valence electrons. The summed E-state index contributed by atoms with van der Waals surface area (Å²) in [6, 6.07) is 2.43. The fourth-order valence-electron chi connectivity index (χ4n) is 1.18. The molecule has 15 heavy (non-hydrogen) atoms. The van der Waals surface area contributed by atoms with Crippen LogP contribution in [-0.2, 0) is 0 Å². The lowest BCUT2D eigenvalue weighted by Gasteiger charge is -2.11. The zero-order chi connectivity index (χ0) is 10.9. The van der Waals surface area contributed by atoms with E-state index in [9.17, 15) is 0 Å². The minimum absolute atomic E-state index is 0.584. The average molecular weight is 225 g/mol. The molecule has 0 bridgehead atoms. The monoisotopic (exact) mass is 225 g/mol. The summed E-state index contributed by atoms with van der Waals surface area (Å²) in [4.78, 5) is 8.34. The first-order valence-corrected chi connectivity index (χ1v) is 6.44. The molecule has 1 aromatic rings. The largest absolute Gasteiger partial charge is 0.314 e. The maximum atomic E-state index is 4.17. The van der Waals surface area contributed by atoms with Gasteiger partial charge in [-0.25, -0.2) is 9.97 Å². The van der Waals surface area contributed by atoms with Gasteiger partial charge >= 0.3 is 0 Å². The van der Waals surface area contributed by atoms with E-state index in [0.717, 1.165) is 23.9 Å². The molecule has 3 nitrogen and oxygen atoms in total. The summed E-state index contributed by atoms with van der Waals surface area (Å²) >= 11 is 1.72. The van der Waals surface area contributed by atoms with Gasteiger partial charge in [-0.15, -0.1) is 0 Å². The van der Waals surface area contributed by atoms with E-state index in [1.54, 1.807) is 24.2 Å². The summed E-state index contributed by atoms with van der Waals surface area (Å²) in [6.45, 7) is 5.52. The van der Waals surface area contributed by atoms with Crippen LogP contribution in [0.2, 0.25) is 0 Å². The Kier molecular flexibility index (Phi) is 6.36. The Balaban J connectivity index is 2.11. The lowest BCUT2D eigenvalue weighted by atomic mass is 10.2. The zero-order valence-electron chi connectivity index (χ0n) is 9.44. The van der Waals surface area contributed by atoms with Crippen LogP contribution in [-0.4, -0.2) is 28.3 Å². The maximum Gasteiger partial charge on any atom is 0.187 e. The van der Waals surface area contributed by atoms with E-state index in [1.165, 1.54) is 6.42 Å². The smallest absolute Gasteiger partial charge is 0.187 e. The van der Waals surface area contributed by atoms with Gasteiger partial charge in [0.05, 0.1) is 0 Å². The van der Waals surface area contributed by atoms with Crippen LogP contribution < -0.4 is 5.32 Å². The van der Waals surface area contributed by atoms with Crippen LogP contribution in [0.25, 0.3) is 0 Å². The van der Waals surface area contributed by atoms with Gasteiger partial charge in [0.25, 0.3) is 0 Å².